The number of halogens is 2. The van der Waals surface area contributed by atoms with Gasteiger partial charge in [-0.15, -0.1) is 4.98 Å². The maximum absolute atomic E-state index is 13.4. The van der Waals surface area contributed by atoms with Gasteiger partial charge in [0.1, 0.15) is 12.4 Å². The third-order valence-electron chi connectivity index (χ3n) is 2.16. The highest BCUT2D eigenvalue weighted by atomic mass is 35.5. The van der Waals surface area contributed by atoms with Crippen molar-refractivity contribution in [1.82, 2.24) is 15.0 Å². The van der Waals surface area contributed by atoms with Crippen molar-refractivity contribution in [2.75, 3.05) is 6.61 Å². The van der Waals surface area contributed by atoms with Crippen molar-refractivity contribution in [3.8, 4) is 12.0 Å². The number of hydrogen-bond donors (Lipinski definition) is 0. The van der Waals surface area contributed by atoms with E-state index in [1.165, 1.54) is 6.07 Å². The molecule has 5 nitrogen and oxygen atoms in total. The molecule has 1 aromatic heterocycles. The SMILES string of the molecule is CCOc1nc(Cl)nc(OCc2ccccc2F)n1. The second kappa shape index (κ2) is 6.29. The van der Waals surface area contributed by atoms with E-state index >= 15 is 0 Å². The van der Waals surface area contributed by atoms with Crippen LogP contribution in [0, 0.1) is 5.82 Å². The summed E-state index contributed by atoms with van der Waals surface area (Å²) in [4.78, 5) is 11.4. The summed E-state index contributed by atoms with van der Waals surface area (Å²) in [6.07, 6.45) is 0. The predicted octanol–water partition coefficient (Wildman–Crippen LogP) is 2.64. The Morgan fingerprint density at radius 3 is 2.47 bits per heavy atom. The molecule has 1 aromatic carbocycles. The van der Waals surface area contributed by atoms with Crippen molar-refractivity contribution in [3.63, 3.8) is 0 Å². The van der Waals surface area contributed by atoms with Crippen LogP contribution in [0.1, 0.15) is 12.5 Å². The van der Waals surface area contributed by atoms with E-state index in [1.807, 2.05) is 0 Å². The van der Waals surface area contributed by atoms with Gasteiger partial charge in [-0.3, -0.25) is 0 Å². The monoisotopic (exact) mass is 283 g/mol. The summed E-state index contributed by atoms with van der Waals surface area (Å²) in [6.45, 7) is 2.18. The number of aromatic nitrogens is 3. The number of nitrogens with zero attached hydrogens (tertiary/aromatic N) is 3. The first kappa shape index (κ1) is 13.5. The predicted molar refractivity (Wildman–Crippen MR) is 66.7 cm³/mol. The molecule has 0 aliphatic carbocycles. The zero-order valence-electron chi connectivity index (χ0n) is 10.1. The fourth-order valence-electron chi connectivity index (χ4n) is 1.33. The lowest BCUT2D eigenvalue weighted by molar-refractivity contribution is 0.257. The third kappa shape index (κ3) is 3.75. The molecule has 0 fully saturated rings. The van der Waals surface area contributed by atoms with Crippen LogP contribution in [0.4, 0.5) is 4.39 Å². The molecule has 0 amide bonds. The molecular weight excluding hydrogens is 273 g/mol. The third-order valence-corrected chi connectivity index (χ3v) is 2.32. The lowest BCUT2D eigenvalue weighted by Gasteiger charge is -2.06. The van der Waals surface area contributed by atoms with Crippen LogP contribution in [0.25, 0.3) is 0 Å². The summed E-state index contributed by atoms with van der Waals surface area (Å²) in [5, 5.41) is -0.0398. The first-order valence-electron chi connectivity index (χ1n) is 5.59. The van der Waals surface area contributed by atoms with E-state index in [-0.39, 0.29) is 29.7 Å². The van der Waals surface area contributed by atoms with Crippen LogP contribution in [0.15, 0.2) is 24.3 Å². The van der Waals surface area contributed by atoms with Gasteiger partial charge in [-0.25, -0.2) is 4.39 Å². The minimum absolute atomic E-state index is 0.00141. The number of benzene rings is 1. The number of rotatable bonds is 5. The van der Waals surface area contributed by atoms with Crippen molar-refractivity contribution in [2.24, 2.45) is 0 Å². The molecule has 2 aromatic rings. The molecule has 0 bridgehead atoms. The molecule has 0 saturated carbocycles. The maximum atomic E-state index is 13.4. The summed E-state index contributed by atoms with van der Waals surface area (Å²) in [5.74, 6) is -0.354. The summed E-state index contributed by atoms with van der Waals surface area (Å²) < 4.78 is 23.8. The Labute approximate surface area is 114 Å². The molecule has 19 heavy (non-hydrogen) atoms. The quantitative estimate of drug-likeness (QED) is 0.844. The summed E-state index contributed by atoms with van der Waals surface area (Å²) in [7, 11) is 0. The molecular formula is C12H11ClFN3O2. The lowest BCUT2D eigenvalue weighted by Crippen LogP contribution is -2.05. The highest BCUT2D eigenvalue weighted by Crippen LogP contribution is 2.15. The Kier molecular flexibility index (Phi) is 4.46. The lowest BCUT2D eigenvalue weighted by atomic mass is 10.2. The van der Waals surface area contributed by atoms with E-state index in [0.717, 1.165) is 0 Å². The molecule has 2 rings (SSSR count). The van der Waals surface area contributed by atoms with Crippen LogP contribution in [-0.2, 0) is 6.61 Å². The van der Waals surface area contributed by atoms with E-state index in [1.54, 1.807) is 25.1 Å². The van der Waals surface area contributed by atoms with Crippen molar-refractivity contribution < 1.29 is 13.9 Å². The highest BCUT2D eigenvalue weighted by Gasteiger charge is 2.08. The molecule has 0 N–H and O–H groups in total. The summed E-state index contributed by atoms with van der Waals surface area (Å²) in [6, 6.07) is 6.35. The first-order chi connectivity index (χ1) is 9.19. The average molecular weight is 284 g/mol. The molecule has 0 aliphatic heterocycles. The van der Waals surface area contributed by atoms with Crippen molar-refractivity contribution in [1.29, 1.82) is 0 Å². The molecule has 0 radical (unpaired) electrons. The molecule has 0 spiro atoms. The van der Waals surface area contributed by atoms with Gasteiger partial charge in [0.05, 0.1) is 6.61 Å². The second-order valence-corrected chi connectivity index (χ2v) is 3.82. The Morgan fingerprint density at radius 2 is 1.79 bits per heavy atom. The standard InChI is InChI=1S/C12H11ClFN3O2/c1-2-18-11-15-10(13)16-12(17-11)19-7-8-5-3-4-6-9(8)14/h3-6H,2,7H2,1H3. The topological polar surface area (TPSA) is 57.1 Å². The molecule has 0 saturated heterocycles. The van der Waals surface area contributed by atoms with Gasteiger partial charge in [-0.05, 0) is 24.6 Å². The van der Waals surface area contributed by atoms with Gasteiger partial charge in [-0.1, -0.05) is 18.2 Å². The van der Waals surface area contributed by atoms with E-state index < -0.39 is 0 Å². The Morgan fingerprint density at radius 1 is 1.11 bits per heavy atom. The van der Waals surface area contributed by atoms with Gasteiger partial charge in [0.2, 0.25) is 5.28 Å². The Hall–Kier alpha value is -1.95. The molecule has 100 valence electrons. The average Bonchev–Trinajstić information content (AvgIpc) is 2.37. The van der Waals surface area contributed by atoms with Gasteiger partial charge in [0.15, 0.2) is 0 Å². The molecule has 7 heteroatoms. The molecule has 0 unspecified atom stereocenters. The maximum Gasteiger partial charge on any atom is 0.324 e. The van der Waals surface area contributed by atoms with Crippen molar-refractivity contribution in [3.05, 3.63) is 40.9 Å². The van der Waals surface area contributed by atoms with Crippen LogP contribution in [0.2, 0.25) is 5.28 Å². The molecule has 0 aliphatic rings. The minimum Gasteiger partial charge on any atom is -0.464 e. The Bertz CT molecular complexity index is 568. The van der Waals surface area contributed by atoms with Crippen LogP contribution in [0.5, 0.6) is 12.0 Å². The van der Waals surface area contributed by atoms with Gasteiger partial charge in [0, 0.05) is 5.56 Å². The van der Waals surface area contributed by atoms with Crippen LogP contribution in [-0.4, -0.2) is 21.6 Å². The zero-order chi connectivity index (χ0) is 13.7. The molecule has 1 heterocycles. The van der Waals surface area contributed by atoms with Crippen LogP contribution in [0.3, 0.4) is 0 Å². The minimum atomic E-state index is -0.354. The highest BCUT2D eigenvalue weighted by molar-refractivity contribution is 6.28. The number of ether oxygens (including phenoxy) is 2. The van der Waals surface area contributed by atoms with Gasteiger partial charge in [0.25, 0.3) is 0 Å². The fourth-order valence-corrected chi connectivity index (χ4v) is 1.48. The van der Waals surface area contributed by atoms with Gasteiger partial charge in [-0.2, -0.15) is 9.97 Å². The van der Waals surface area contributed by atoms with E-state index in [0.29, 0.717) is 12.2 Å². The largest absolute Gasteiger partial charge is 0.464 e. The summed E-state index contributed by atoms with van der Waals surface area (Å²) in [5.41, 5.74) is 0.400. The van der Waals surface area contributed by atoms with Gasteiger partial charge >= 0.3 is 12.0 Å². The van der Waals surface area contributed by atoms with Gasteiger partial charge < -0.3 is 9.47 Å². The van der Waals surface area contributed by atoms with Crippen molar-refractivity contribution in [2.45, 2.75) is 13.5 Å². The molecule has 0 atom stereocenters. The van der Waals surface area contributed by atoms with E-state index in [2.05, 4.69) is 15.0 Å². The second-order valence-electron chi connectivity index (χ2n) is 3.48. The first-order valence-corrected chi connectivity index (χ1v) is 5.97. The fraction of sp³-hybridized carbons (Fsp3) is 0.250. The Balaban J connectivity index is 2.09. The smallest absolute Gasteiger partial charge is 0.324 e. The van der Waals surface area contributed by atoms with Crippen molar-refractivity contribution >= 4 is 11.6 Å². The normalized spacial score (nSPS) is 10.3. The van der Waals surface area contributed by atoms with E-state index in [9.17, 15) is 4.39 Å². The van der Waals surface area contributed by atoms with E-state index in [4.69, 9.17) is 21.1 Å². The van der Waals surface area contributed by atoms with Crippen LogP contribution < -0.4 is 9.47 Å². The summed E-state index contributed by atoms with van der Waals surface area (Å²) >= 11 is 5.70. The van der Waals surface area contributed by atoms with Crippen LogP contribution >= 0.6 is 11.6 Å². The number of hydrogen-bond acceptors (Lipinski definition) is 5. The zero-order valence-corrected chi connectivity index (χ0v) is 10.9.